The quantitative estimate of drug-likeness (QED) is 0.675. The molecule has 1 aliphatic carbocycles. The van der Waals surface area contributed by atoms with Crippen molar-refractivity contribution in [1.29, 1.82) is 0 Å². The van der Waals surface area contributed by atoms with Gasteiger partial charge in [-0.15, -0.1) is 0 Å². The van der Waals surface area contributed by atoms with Crippen molar-refractivity contribution in [3.05, 3.63) is 0 Å². The lowest BCUT2D eigenvalue weighted by Crippen LogP contribution is -2.51. The standard InChI is InChI=1S/C10H20N2O2/c1-14-7-4-9(13)12-10(8-11)5-2-3-6-10/h2-8,11H2,1H3,(H,12,13). The molecule has 0 bridgehead atoms. The molecule has 0 aliphatic heterocycles. The Labute approximate surface area is 85.2 Å². The van der Waals surface area contributed by atoms with Crippen LogP contribution in [-0.2, 0) is 9.53 Å². The summed E-state index contributed by atoms with van der Waals surface area (Å²) in [5.74, 6) is 0.0548. The zero-order chi connectivity index (χ0) is 10.4. The fourth-order valence-electron chi connectivity index (χ4n) is 1.98. The van der Waals surface area contributed by atoms with Gasteiger partial charge in [0.1, 0.15) is 0 Å². The molecule has 0 aromatic heterocycles. The molecule has 0 saturated heterocycles. The van der Waals surface area contributed by atoms with E-state index in [0.717, 1.165) is 12.8 Å². The topological polar surface area (TPSA) is 64.3 Å². The van der Waals surface area contributed by atoms with Crippen LogP contribution in [0.4, 0.5) is 0 Å². The fraction of sp³-hybridized carbons (Fsp3) is 0.900. The Balaban J connectivity index is 2.36. The fourth-order valence-corrected chi connectivity index (χ4v) is 1.98. The summed E-state index contributed by atoms with van der Waals surface area (Å²) in [7, 11) is 1.60. The summed E-state index contributed by atoms with van der Waals surface area (Å²) in [6.07, 6.45) is 4.80. The summed E-state index contributed by atoms with van der Waals surface area (Å²) in [6.45, 7) is 1.03. The number of carbonyl (C=O) groups is 1. The maximum absolute atomic E-state index is 11.5. The van der Waals surface area contributed by atoms with Crippen LogP contribution in [0.1, 0.15) is 32.1 Å². The first-order valence-electron chi connectivity index (χ1n) is 5.22. The third kappa shape index (κ3) is 2.96. The van der Waals surface area contributed by atoms with Gasteiger partial charge in [0.25, 0.3) is 0 Å². The van der Waals surface area contributed by atoms with E-state index in [-0.39, 0.29) is 11.4 Å². The molecule has 0 radical (unpaired) electrons. The van der Waals surface area contributed by atoms with E-state index in [2.05, 4.69) is 5.32 Å². The van der Waals surface area contributed by atoms with Gasteiger partial charge in [-0.3, -0.25) is 4.79 Å². The molecule has 1 fully saturated rings. The van der Waals surface area contributed by atoms with Gasteiger partial charge in [0.2, 0.25) is 5.91 Å². The van der Waals surface area contributed by atoms with Crippen LogP contribution in [0.3, 0.4) is 0 Å². The van der Waals surface area contributed by atoms with Crippen molar-refractivity contribution in [3.63, 3.8) is 0 Å². The minimum atomic E-state index is -0.120. The van der Waals surface area contributed by atoms with Crippen molar-refractivity contribution in [2.24, 2.45) is 5.73 Å². The number of nitrogens with two attached hydrogens (primary N) is 1. The predicted octanol–water partition coefficient (Wildman–Crippen LogP) is 0.411. The molecule has 0 spiro atoms. The van der Waals surface area contributed by atoms with Crippen molar-refractivity contribution in [2.45, 2.75) is 37.6 Å². The summed E-state index contributed by atoms with van der Waals surface area (Å²) in [4.78, 5) is 11.5. The minimum absolute atomic E-state index is 0.0548. The maximum atomic E-state index is 11.5. The number of methoxy groups -OCH3 is 1. The van der Waals surface area contributed by atoms with Crippen LogP contribution in [0.25, 0.3) is 0 Å². The number of hydrogen-bond acceptors (Lipinski definition) is 3. The maximum Gasteiger partial charge on any atom is 0.222 e. The molecule has 82 valence electrons. The molecule has 0 aromatic carbocycles. The van der Waals surface area contributed by atoms with Crippen molar-refractivity contribution in [1.82, 2.24) is 5.32 Å². The van der Waals surface area contributed by atoms with E-state index in [9.17, 15) is 4.79 Å². The first-order chi connectivity index (χ1) is 6.72. The zero-order valence-electron chi connectivity index (χ0n) is 8.84. The molecule has 1 rings (SSSR count). The molecule has 4 heteroatoms. The van der Waals surface area contributed by atoms with Gasteiger partial charge in [0.05, 0.1) is 12.1 Å². The largest absolute Gasteiger partial charge is 0.384 e. The monoisotopic (exact) mass is 200 g/mol. The third-order valence-electron chi connectivity index (χ3n) is 2.89. The number of hydrogen-bond donors (Lipinski definition) is 2. The molecule has 1 amide bonds. The first-order valence-corrected chi connectivity index (χ1v) is 5.22. The van der Waals surface area contributed by atoms with E-state index in [4.69, 9.17) is 10.5 Å². The third-order valence-corrected chi connectivity index (χ3v) is 2.89. The predicted molar refractivity (Wildman–Crippen MR) is 54.9 cm³/mol. The summed E-state index contributed by atoms with van der Waals surface area (Å²) in [6, 6.07) is 0. The number of amides is 1. The summed E-state index contributed by atoms with van der Waals surface area (Å²) >= 11 is 0. The molecule has 14 heavy (non-hydrogen) atoms. The lowest BCUT2D eigenvalue weighted by Gasteiger charge is -2.28. The highest BCUT2D eigenvalue weighted by molar-refractivity contribution is 5.77. The Kier molecular flexibility index (Phi) is 4.35. The van der Waals surface area contributed by atoms with Crippen molar-refractivity contribution in [3.8, 4) is 0 Å². The molecule has 0 atom stereocenters. The normalized spacial score (nSPS) is 19.6. The average Bonchev–Trinajstić information content (AvgIpc) is 2.64. The van der Waals surface area contributed by atoms with Crippen molar-refractivity contribution < 1.29 is 9.53 Å². The number of carbonyl (C=O) groups excluding carboxylic acids is 1. The number of ether oxygens (including phenoxy) is 1. The van der Waals surface area contributed by atoms with Gasteiger partial charge in [0, 0.05) is 20.1 Å². The van der Waals surface area contributed by atoms with E-state index < -0.39 is 0 Å². The lowest BCUT2D eigenvalue weighted by molar-refractivity contribution is -0.123. The summed E-state index contributed by atoms with van der Waals surface area (Å²) < 4.78 is 4.85. The van der Waals surface area contributed by atoms with Gasteiger partial charge in [-0.1, -0.05) is 12.8 Å². The van der Waals surface area contributed by atoms with Crippen LogP contribution in [0, 0.1) is 0 Å². The highest BCUT2D eigenvalue weighted by Crippen LogP contribution is 2.28. The molecular weight excluding hydrogens is 180 g/mol. The van der Waals surface area contributed by atoms with Crippen LogP contribution in [0.2, 0.25) is 0 Å². The Hall–Kier alpha value is -0.610. The van der Waals surface area contributed by atoms with Crippen LogP contribution >= 0.6 is 0 Å². The lowest BCUT2D eigenvalue weighted by atomic mass is 9.98. The van der Waals surface area contributed by atoms with Crippen LogP contribution in [-0.4, -0.2) is 31.7 Å². The smallest absolute Gasteiger partial charge is 0.222 e. The Morgan fingerprint density at radius 2 is 2.14 bits per heavy atom. The van der Waals surface area contributed by atoms with Gasteiger partial charge in [-0.25, -0.2) is 0 Å². The van der Waals surface area contributed by atoms with Crippen LogP contribution in [0.5, 0.6) is 0 Å². The molecule has 0 unspecified atom stereocenters. The van der Waals surface area contributed by atoms with Crippen LogP contribution in [0.15, 0.2) is 0 Å². The molecule has 1 saturated carbocycles. The van der Waals surface area contributed by atoms with E-state index >= 15 is 0 Å². The summed E-state index contributed by atoms with van der Waals surface area (Å²) in [5, 5.41) is 3.03. The second kappa shape index (κ2) is 5.32. The molecule has 0 aromatic rings. The molecule has 1 aliphatic rings. The molecule has 3 N–H and O–H groups in total. The van der Waals surface area contributed by atoms with Gasteiger partial charge in [-0.05, 0) is 12.8 Å². The number of nitrogens with one attached hydrogen (secondary N) is 1. The highest BCUT2D eigenvalue weighted by atomic mass is 16.5. The van der Waals surface area contributed by atoms with Gasteiger partial charge in [0.15, 0.2) is 0 Å². The van der Waals surface area contributed by atoms with Gasteiger partial charge < -0.3 is 15.8 Å². The molecule has 0 heterocycles. The van der Waals surface area contributed by atoms with E-state index in [1.807, 2.05) is 0 Å². The second-order valence-corrected chi connectivity index (χ2v) is 3.98. The number of rotatable bonds is 5. The zero-order valence-corrected chi connectivity index (χ0v) is 8.84. The van der Waals surface area contributed by atoms with E-state index in [0.29, 0.717) is 19.6 Å². The van der Waals surface area contributed by atoms with Gasteiger partial charge in [-0.2, -0.15) is 0 Å². The average molecular weight is 200 g/mol. The van der Waals surface area contributed by atoms with E-state index in [1.54, 1.807) is 7.11 Å². The molecular formula is C10H20N2O2. The minimum Gasteiger partial charge on any atom is -0.384 e. The SMILES string of the molecule is COCCC(=O)NC1(CN)CCCC1. The second-order valence-electron chi connectivity index (χ2n) is 3.98. The first kappa shape index (κ1) is 11.5. The Bertz CT molecular complexity index is 189. The van der Waals surface area contributed by atoms with Crippen molar-refractivity contribution >= 4 is 5.91 Å². The highest BCUT2D eigenvalue weighted by Gasteiger charge is 2.33. The van der Waals surface area contributed by atoms with Gasteiger partial charge >= 0.3 is 0 Å². The van der Waals surface area contributed by atoms with Crippen LogP contribution < -0.4 is 11.1 Å². The Morgan fingerprint density at radius 1 is 1.50 bits per heavy atom. The van der Waals surface area contributed by atoms with Crippen molar-refractivity contribution in [2.75, 3.05) is 20.3 Å². The molecule has 4 nitrogen and oxygen atoms in total. The van der Waals surface area contributed by atoms with E-state index in [1.165, 1.54) is 12.8 Å². The summed E-state index contributed by atoms with van der Waals surface area (Å²) in [5.41, 5.74) is 5.58. The Morgan fingerprint density at radius 3 is 2.64 bits per heavy atom.